The summed E-state index contributed by atoms with van der Waals surface area (Å²) in [6.45, 7) is 2.03. The number of halogens is 1. The number of hydrogen-bond acceptors (Lipinski definition) is 3. The number of rotatable bonds is 8. The van der Waals surface area contributed by atoms with E-state index in [1.807, 2.05) is 43.3 Å². The summed E-state index contributed by atoms with van der Waals surface area (Å²) in [5.41, 5.74) is 2.01. The molecule has 0 radical (unpaired) electrons. The van der Waals surface area contributed by atoms with E-state index in [1.54, 1.807) is 6.07 Å². The van der Waals surface area contributed by atoms with Crippen LogP contribution in [0.5, 0.6) is 0 Å². The number of unbranched alkanes of at least 4 members (excludes halogenated alkanes) is 1. The zero-order valence-electron chi connectivity index (χ0n) is 16.6. The molecule has 0 heterocycles. The molecule has 0 bridgehead atoms. The van der Waals surface area contributed by atoms with Crippen LogP contribution >= 0.6 is 12.4 Å². The molecular formula is C23H32ClNO2S. The van der Waals surface area contributed by atoms with Gasteiger partial charge in [-0.25, -0.2) is 8.42 Å². The molecule has 1 aliphatic rings. The maximum absolute atomic E-state index is 13.0. The van der Waals surface area contributed by atoms with Crippen LogP contribution in [0.1, 0.15) is 69.0 Å². The second-order valence-corrected chi connectivity index (χ2v) is 9.63. The second kappa shape index (κ2) is 11.0. The van der Waals surface area contributed by atoms with E-state index in [0.29, 0.717) is 17.4 Å². The van der Waals surface area contributed by atoms with Gasteiger partial charge in [0.1, 0.15) is 0 Å². The zero-order chi connectivity index (χ0) is 19.1. The summed E-state index contributed by atoms with van der Waals surface area (Å²) in [5.74, 6) is 0.214. The predicted molar refractivity (Wildman–Crippen MR) is 119 cm³/mol. The lowest BCUT2D eigenvalue weighted by Crippen LogP contribution is -2.35. The topological polar surface area (TPSA) is 46.2 Å². The number of hydrogen-bond donors (Lipinski definition) is 1. The first-order valence-corrected chi connectivity index (χ1v) is 11.9. The standard InChI is InChI=1S/C23H31NO2S.ClH/c1-2-3-18-27(25,26)22-17-11-10-16-21(22)23(19-12-6-4-7-13-19)24-20-14-8-5-9-15-20;/h4,6-7,10-13,16-17,20,23-24H,2-3,5,8-9,14-15,18H2,1H3;1H. The highest BCUT2D eigenvalue weighted by Crippen LogP contribution is 2.31. The van der Waals surface area contributed by atoms with Gasteiger partial charge in [-0.1, -0.05) is 81.1 Å². The van der Waals surface area contributed by atoms with Crippen molar-refractivity contribution in [2.24, 2.45) is 0 Å². The number of nitrogens with one attached hydrogen (secondary N) is 1. The van der Waals surface area contributed by atoms with Crippen molar-refractivity contribution in [1.82, 2.24) is 5.32 Å². The van der Waals surface area contributed by atoms with Crippen LogP contribution in [0.25, 0.3) is 0 Å². The summed E-state index contributed by atoms with van der Waals surface area (Å²) in [5, 5.41) is 3.79. The van der Waals surface area contributed by atoms with Crippen LogP contribution in [0, 0.1) is 0 Å². The summed E-state index contributed by atoms with van der Waals surface area (Å²) < 4.78 is 26.0. The average molecular weight is 422 g/mol. The Hall–Kier alpha value is -1.36. The third-order valence-electron chi connectivity index (χ3n) is 5.47. The molecule has 1 atom stereocenters. The van der Waals surface area contributed by atoms with E-state index in [2.05, 4.69) is 17.4 Å². The Bertz CT molecular complexity index is 818. The average Bonchev–Trinajstić information content (AvgIpc) is 2.72. The van der Waals surface area contributed by atoms with Crippen LogP contribution in [0.4, 0.5) is 0 Å². The Labute approximate surface area is 176 Å². The van der Waals surface area contributed by atoms with Gasteiger partial charge in [-0.2, -0.15) is 0 Å². The Kier molecular flexibility index (Phi) is 9.00. The second-order valence-electron chi connectivity index (χ2n) is 7.56. The quantitative estimate of drug-likeness (QED) is 0.595. The maximum atomic E-state index is 13.0. The third-order valence-corrected chi connectivity index (χ3v) is 7.34. The van der Waals surface area contributed by atoms with Gasteiger partial charge < -0.3 is 5.32 Å². The van der Waals surface area contributed by atoms with E-state index < -0.39 is 9.84 Å². The first-order chi connectivity index (χ1) is 13.1. The van der Waals surface area contributed by atoms with Gasteiger partial charge in [-0.15, -0.1) is 12.4 Å². The Morgan fingerprint density at radius 1 is 0.964 bits per heavy atom. The predicted octanol–water partition coefficient (Wildman–Crippen LogP) is 5.69. The molecule has 0 amide bonds. The molecule has 3 nitrogen and oxygen atoms in total. The van der Waals surface area contributed by atoms with Crippen molar-refractivity contribution in [3.05, 3.63) is 65.7 Å². The van der Waals surface area contributed by atoms with E-state index in [9.17, 15) is 8.42 Å². The molecule has 1 aliphatic carbocycles. The molecule has 1 unspecified atom stereocenters. The molecule has 3 rings (SSSR count). The molecule has 0 aliphatic heterocycles. The van der Waals surface area contributed by atoms with Gasteiger partial charge in [0.25, 0.3) is 0 Å². The van der Waals surface area contributed by atoms with Crippen LogP contribution in [0.2, 0.25) is 0 Å². The molecule has 1 fully saturated rings. The summed E-state index contributed by atoms with van der Waals surface area (Å²) in [6.07, 6.45) is 7.69. The zero-order valence-corrected chi connectivity index (χ0v) is 18.3. The first-order valence-electron chi connectivity index (χ1n) is 10.2. The van der Waals surface area contributed by atoms with Crippen molar-refractivity contribution in [1.29, 1.82) is 0 Å². The van der Waals surface area contributed by atoms with E-state index in [-0.39, 0.29) is 24.2 Å². The lowest BCUT2D eigenvalue weighted by molar-refractivity contribution is 0.353. The van der Waals surface area contributed by atoms with Crippen LogP contribution in [-0.4, -0.2) is 20.2 Å². The van der Waals surface area contributed by atoms with Crippen LogP contribution in [0.3, 0.4) is 0 Å². The largest absolute Gasteiger partial charge is 0.303 e. The van der Waals surface area contributed by atoms with Crippen molar-refractivity contribution in [3.8, 4) is 0 Å². The summed E-state index contributed by atoms with van der Waals surface area (Å²) in [6, 6.07) is 18.1. The van der Waals surface area contributed by atoms with Crippen LogP contribution in [0.15, 0.2) is 59.5 Å². The highest BCUT2D eigenvalue weighted by Gasteiger charge is 2.26. The minimum Gasteiger partial charge on any atom is -0.303 e. The van der Waals surface area contributed by atoms with E-state index in [1.165, 1.54) is 19.3 Å². The van der Waals surface area contributed by atoms with Gasteiger partial charge in [-0.3, -0.25) is 0 Å². The first kappa shape index (κ1) is 22.9. The van der Waals surface area contributed by atoms with Gasteiger partial charge in [0, 0.05) is 6.04 Å². The number of sulfone groups is 1. The molecule has 2 aromatic rings. The van der Waals surface area contributed by atoms with Crippen LogP contribution < -0.4 is 5.32 Å². The molecule has 2 aromatic carbocycles. The fourth-order valence-corrected chi connectivity index (χ4v) is 5.68. The van der Waals surface area contributed by atoms with E-state index in [0.717, 1.165) is 30.4 Å². The van der Waals surface area contributed by atoms with Gasteiger partial charge in [0.15, 0.2) is 9.84 Å². The lowest BCUT2D eigenvalue weighted by Gasteiger charge is -2.30. The fraction of sp³-hybridized carbons (Fsp3) is 0.478. The Morgan fingerprint density at radius 2 is 1.61 bits per heavy atom. The van der Waals surface area contributed by atoms with Crippen LogP contribution in [-0.2, 0) is 9.84 Å². The molecule has 0 aromatic heterocycles. The lowest BCUT2D eigenvalue weighted by atomic mass is 9.92. The van der Waals surface area contributed by atoms with Crippen molar-refractivity contribution in [3.63, 3.8) is 0 Å². The molecule has 28 heavy (non-hydrogen) atoms. The maximum Gasteiger partial charge on any atom is 0.178 e. The highest BCUT2D eigenvalue weighted by atomic mass is 35.5. The normalized spacial score (nSPS) is 16.3. The van der Waals surface area contributed by atoms with E-state index in [4.69, 9.17) is 0 Å². The van der Waals surface area contributed by atoms with Crippen molar-refractivity contribution >= 4 is 22.2 Å². The van der Waals surface area contributed by atoms with Gasteiger partial charge in [-0.05, 0) is 36.5 Å². The smallest absolute Gasteiger partial charge is 0.178 e. The minimum atomic E-state index is -3.29. The van der Waals surface area contributed by atoms with Gasteiger partial charge >= 0.3 is 0 Å². The molecule has 154 valence electrons. The van der Waals surface area contributed by atoms with Gasteiger partial charge in [0.05, 0.1) is 16.7 Å². The van der Waals surface area contributed by atoms with Crippen molar-refractivity contribution in [2.75, 3.05) is 5.75 Å². The van der Waals surface area contributed by atoms with Crippen molar-refractivity contribution < 1.29 is 8.42 Å². The third kappa shape index (κ3) is 5.82. The summed E-state index contributed by atoms with van der Waals surface area (Å²) in [7, 11) is -3.29. The SMILES string of the molecule is CCCCS(=O)(=O)c1ccccc1C(NC1CCCCC1)c1ccccc1.Cl. The molecule has 1 N–H and O–H groups in total. The van der Waals surface area contributed by atoms with Crippen molar-refractivity contribution in [2.45, 2.75) is 68.8 Å². The molecule has 0 spiro atoms. The minimum absolute atomic E-state index is 0. The molecule has 1 saturated carbocycles. The summed E-state index contributed by atoms with van der Waals surface area (Å²) >= 11 is 0. The fourth-order valence-electron chi connectivity index (χ4n) is 3.96. The highest BCUT2D eigenvalue weighted by molar-refractivity contribution is 7.91. The molecule has 5 heteroatoms. The molecular weight excluding hydrogens is 390 g/mol. The van der Waals surface area contributed by atoms with Gasteiger partial charge in [0.2, 0.25) is 0 Å². The molecule has 0 saturated heterocycles. The number of benzene rings is 2. The van der Waals surface area contributed by atoms with E-state index >= 15 is 0 Å². The summed E-state index contributed by atoms with van der Waals surface area (Å²) in [4.78, 5) is 0.482. The monoisotopic (exact) mass is 421 g/mol. The Balaban J connectivity index is 0.00000280. The Morgan fingerprint density at radius 3 is 2.29 bits per heavy atom.